The molecule has 0 radical (unpaired) electrons. The van der Waals surface area contributed by atoms with Crippen LogP contribution in [0, 0.1) is 17.2 Å². The number of amides is 1. The van der Waals surface area contributed by atoms with Gasteiger partial charge in [0.2, 0.25) is 0 Å². The van der Waals surface area contributed by atoms with Gasteiger partial charge in [0.15, 0.2) is 0 Å². The minimum absolute atomic E-state index is 0.0438. The minimum atomic E-state index is 0.0438. The van der Waals surface area contributed by atoms with Gasteiger partial charge in [-0.25, -0.2) is 0 Å². The Balaban J connectivity index is 2.80. The Morgan fingerprint density at radius 3 is 2.39 bits per heavy atom. The van der Waals surface area contributed by atoms with Crippen molar-refractivity contribution in [2.24, 2.45) is 5.92 Å². The molecule has 18 heavy (non-hydrogen) atoms. The van der Waals surface area contributed by atoms with Crippen LogP contribution in [0.1, 0.15) is 43.1 Å². The van der Waals surface area contributed by atoms with E-state index < -0.39 is 0 Å². The van der Waals surface area contributed by atoms with E-state index in [1.165, 1.54) is 0 Å². The van der Waals surface area contributed by atoms with Crippen molar-refractivity contribution in [1.82, 2.24) is 4.90 Å². The van der Waals surface area contributed by atoms with Crippen LogP contribution in [0.4, 0.5) is 0 Å². The summed E-state index contributed by atoms with van der Waals surface area (Å²) in [5, 5.41) is 8.73. The third-order valence-corrected chi connectivity index (χ3v) is 3.16. The molecule has 0 aromatic heterocycles. The van der Waals surface area contributed by atoms with E-state index in [0.29, 0.717) is 23.6 Å². The van der Waals surface area contributed by atoms with E-state index in [1.807, 2.05) is 11.8 Å². The zero-order chi connectivity index (χ0) is 13.5. The molecule has 3 heteroatoms. The number of carbonyl (C=O) groups excluding carboxylic acids is 1. The average Bonchev–Trinajstić information content (AvgIpc) is 2.43. The lowest BCUT2D eigenvalue weighted by molar-refractivity contribution is 0.0741. The lowest BCUT2D eigenvalue weighted by Gasteiger charge is -2.24. The van der Waals surface area contributed by atoms with Crippen LogP contribution in [0.5, 0.6) is 0 Å². The number of nitrogens with zero attached hydrogens (tertiary/aromatic N) is 2. The molecule has 0 N–H and O–H groups in total. The first-order valence-corrected chi connectivity index (χ1v) is 6.41. The summed E-state index contributed by atoms with van der Waals surface area (Å²) in [4.78, 5) is 14.1. The molecule has 1 amide bonds. The summed E-state index contributed by atoms with van der Waals surface area (Å²) in [6.45, 7) is 7.76. The normalized spacial score (nSPS) is 11.7. The lowest BCUT2D eigenvalue weighted by atomic mass is 10.1. The first-order chi connectivity index (χ1) is 8.62. The SMILES string of the molecule is CCC(C)CN(CC)C(=O)c1ccc(C#N)cc1. The van der Waals surface area contributed by atoms with Gasteiger partial charge < -0.3 is 4.90 Å². The summed E-state index contributed by atoms with van der Waals surface area (Å²) < 4.78 is 0. The van der Waals surface area contributed by atoms with Gasteiger partial charge in [0, 0.05) is 18.7 Å². The summed E-state index contributed by atoms with van der Waals surface area (Å²) in [5.74, 6) is 0.551. The maximum atomic E-state index is 12.3. The molecule has 0 aliphatic heterocycles. The molecule has 0 aliphatic rings. The quantitative estimate of drug-likeness (QED) is 0.799. The maximum Gasteiger partial charge on any atom is 0.253 e. The molecule has 0 heterocycles. The van der Waals surface area contributed by atoms with Gasteiger partial charge in [0.1, 0.15) is 0 Å². The zero-order valence-corrected chi connectivity index (χ0v) is 11.3. The number of nitriles is 1. The summed E-state index contributed by atoms with van der Waals surface area (Å²) in [6.07, 6.45) is 1.07. The Morgan fingerprint density at radius 1 is 1.33 bits per heavy atom. The highest BCUT2D eigenvalue weighted by Gasteiger charge is 2.15. The van der Waals surface area contributed by atoms with Crippen LogP contribution in [-0.2, 0) is 0 Å². The topological polar surface area (TPSA) is 44.1 Å². The molecule has 0 fully saturated rings. The van der Waals surface area contributed by atoms with Crippen molar-refractivity contribution in [3.05, 3.63) is 35.4 Å². The Labute approximate surface area is 109 Å². The molecule has 1 aromatic rings. The van der Waals surface area contributed by atoms with Crippen LogP contribution in [0.3, 0.4) is 0 Å². The summed E-state index contributed by atoms with van der Waals surface area (Å²) >= 11 is 0. The number of carbonyl (C=O) groups is 1. The smallest absolute Gasteiger partial charge is 0.253 e. The van der Waals surface area contributed by atoms with Gasteiger partial charge >= 0.3 is 0 Å². The van der Waals surface area contributed by atoms with Gasteiger partial charge in [-0.1, -0.05) is 20.3 Å². The highest BCUT2D eigenvalue weighted by Crippen LogP contribution is 2.10. The molecule has 0 saturated carbocycles. The van der Waals surface area contributed by atoms with Gasteiger partial charge in [-0.05, 0) is 37.1 Å². The summed E-state index contributed by atoms with van der Waals surface area (Å²) in [6, 6.07) is 8.87. The van der Waals surface area contributed by atoms with E-state index >= 15 is 0 Å². The standard InChI is InChI=1S/C15H20N2O/c1-4-12(3)11-17(5-2)15(18)14-8-6-13(10-16)7-9-14/h6-9,12H,4-5,11H2,1-3H3. The molecule has 1 atom stereocenters. The predicted molar refractivity (Wildman–Crippen MR) is 72.2 cm³/mol. The van der Waals surface area contributed by atoms with Crippen molar-refractivity contribution in [3.8, 4) is 6.07 Å². The zero-order valence-electron chi connectivity index (χ0n) is 11.3. The molecule has 1 rings (SSSR count). The van der Waals surface area contributed by atoms with E-state index in [4.69, 9.17) is 5.26 Å². The van der Waals surface area contributed by atoms with Crippen molar-refractivity contribution < 1.29 is 4.79 Å². The maximum absolute atomic E-state index is 12.3. The van der Waals surface area contributed by atoms with E-state index in [9.17, 15) is 4.79 Å². The highest BCUT2D eigenvalue weighted by atomic mass is 16.2. The number of benzene rings is 1. The van der Waals surface area contributed by atoms with E-state index in [-0.39, 0.29) is 5.91 Å². The second kappa shape index (κ2) is 6.80. The van der Waals surface area contributed by atoms with Crippen molar-refractivity contribution >= 4 is 5.91 Å². The van der Waals surface area contributed by atoms with E-state index in [0.717, 1.165) is 13.0 Å². The molecule has 96 valence electrons. The second-order valence-electron chi connectivity index (χ2n) is 4.55. The second-order valence-corrected chi connectivity index (χ2v) is 4.55. The number of rotatable bonds is 5. The molecule has 0 spiro atoms. The summed E-state index contributed by atoms with van der Waals surface area (Å²) in [7, 11) is 0. The van der Waals surface area contributed by atoms with Crippen LogP contribution < -0.4 is 0 Å². The fraction of sp³-hybridized carbons (Fsp3) is 0.467. The van der Waals surface area contributed by atoms with E-state index in [1.54, 1.807) is 24.3 Å². The van der Waals surface area contributed by atoms with E-state index in [2.05, 4.69) is 19.9 Å². The molecule has 3 nitrogen and oxygen atoms in total. The highest BCUT2D eigenvalue weighted by molar-refractivity contribution is 5.94. The summed E-state index contributed by atoms with van der Waals surface area (Å²) in [5.41, 5.74) is 1.23. The molecule has 0 aliphatic carbocycles. The van der Waals surface area contributed by atoms with Crippen molar-refractivity contribution in [2.45, 2.75) is 27.2 Å². The number of hydrogen-bond donors (Lipinski definition) is 0. The first-order valence-electron chi connectivity index (χ1n) is 6.41. The van der Waals surface area contributed by atoms with Crippen molar-refractivity contribution in [3.63, 3.8) is 0 Å². The Kier molecular flexibility index (Phi) is 5.38. The fourth-order valence-electron chi connectivity index (χ4n) is 1.73. The number of hydrogen-bond acceptors (Lipinski definition) is 2. The Morgan fingerprint density at radius 2 is 1.94 bits per heavy atom. The van der Waals surface area contributed by atoms with Crippen LogP contribution in [0.25, 0.3) is 0 Å². The third kappa shape index (κ3) is 3.59. The average molecular weight is 244 g/mol. The molecular formula is C15H20N2O. The van der Waals surface area contributed by atoms with Crippen molar-refractivity contribution in [1.29, 1.82) is 5.26 Å². The fourth-order valence-corrected chi connectivity index (χ4v) is 1.73. The molecule has 1 aromatic carbocycles. The van der Waals surface area contributed by atoms with Crippen LogP contribution in [0.15, 0.2) is 24.3 Å². The predicted octanol–water partition coefficient (Wildman–Crippen LogP) is 3.07. The van der Waals surface area contributed by atoms with Gasteiger partial charge in [0.05, 0.1) is 11.6 Å². The minimum Gasteiger partial charge on any atom is -0.339 e. The van der Waals surface area contributed by atoms with Crippen molar-refractivity contribution in [2.75, 3.05) is 13.1 Å². The monoisotopic (exact) mass is 244 g/mol. The van der Waals surface area contributed by atoms with Crippen LogP contribution in [0.2, 0.25) is 0 Å². The van der Waals surface area contributed by atoms with Gasteiger partial charge in [-0.2, -0.15) is 5.26 Å². The molecular weight excluding hydrogens is 224 g/mol. The Hall–Kier alpha value is -1.82. The van der Waals surface area contributed by atoms with Crippen LogP contribution in [-0.4, -0.2) is 23.9 Å². The lowest BCUT2D eigenvalue weighted by Crippen LogP contribution is -2.34. The van der Waals surface area contributed by atoms with Gasteiger partial charge in [-0.15, -0.1) is 0 Å². The molecule has 0 saturated heterocycles. The van der Waals surface area contributed by atoms with Gasteiger partial charge in [0.25, 0.3) is 5.91 Å². The van der Waals surface area contributed by atoms with Crippen LogP contribution >= 0.6 is 0 Å². The molecule has 0 bridgehead atoms. The first kappa shape index (κ1) is 14.2. The van der Waals surface area contributed by atoms with Gasteiger partial charge in [-0.3, -0.25) is 4.79 Å². The third-order valence-electron chi connectivity index (χ3n) is 3.16. The molecule has 1 unspecified atom stereocenters. The Bertz CT molecular complexity index is 431. The largest absolute Gasteiger partial charge is 0.339 e.